The summed E-state index contributed by atoms with van der Waals surface area (Å²) in [4.78, 5) is 49.7. The first-order valence-electron chi connectivity index (χ1n) is 11.1. The minimum absolute atomic E-state index is 0.204. The highest BCUT2D eigenvalue weighted by atomic mass is 35.5. The molecule has 0 aliphatic rings. The minimum Gasteiger partial charge on any atom is -0.354 e. The van der Waals surface area contributed by atoms with Crippen molar-refractivity contribution in [2.24, 2.45) is 5.41 Å². The van der Waals surface area contributed by atoms with Crippen molar-refractivity contribution >= 4 is 40.4 Å². The molecule has 0 fully saturated rings. The molecule has 9 nitrogen and oxygen atoms in total. The molecular weight excluding hydrogens is 500 g/mol. The third kappa shape index (κ3) is 5.44. The van der Waals surface area contributed by atoms with Crippen LogP contribution in [0.1, 0.15) is 40.9 Å². The van der Waals surface area contributed by atoms with Gasteiger partial charge in [0.1, 0.15) is 23.5 Å². The molecule has 0 atom stereocenters. The van der Waals surface area contributed by atoms with Crippen molar-refractivity contribution in [3.05, 3.63) is 80.2 Å². The Kier molecular flexibility index (Phi) is 7.18. The molecule has 0 amide bonds. The number of halogens is 1. The summed E-state index contributed by atoms with van der Waals surface area (Å²) in [6.07, 6.45) is 2.75. The second-order valence-corrected chi connectivity index (χ2v) is 11.1. The third-order valence-corrected chi connectivity index (χ3v) is 6.63. The van der Waals surface area contributed by atoms with Crippen molar-refractivity contribution in [3.63, 3.8) is 0 Å². The van der Waals surface area contributed by atoms with E-state index in [1.54, 1.807) is 18.2 Å². The van der Waals surface area contributed by atoms with E-state index >= 15 is 0 Å². The van der Waals surface area contributed by atoms with Gasteiger partial charge in [-0.1, -0.05) is 38.4 Å². The first-order valence-corrected chi connectivity index (χ1v) is 12.3. The van der Waals surface area contributed by atoms with Crippen molar-refractivity contribution in [2.45, 2.75) is 33.9 Å². The molecule has 36 heavy (non-hydrogen) atoms. The van der Waals surface area contributed by atoms with Crippen LogP contribution in [0, 0.1) is 5.41 Å². The van der Waals surface area contributed by atoms with Gasteiger partial charge in [0.15, 0.2) is 0 Å². The van der Waals surface area contributed by atoms with Crippen LogP contribution in [0.25, 0.3) is 11.4 Å². The largest absolute Gasteiger partial charge is 0.354 e. The Morgan fingerprint density at radius 1 is 1.14 bits per heavy atom. The quantitative estimate of drug-likeness (QED) is 0.329. The lowest BCUT2D eigenvalue weighted by molar-refractivity contribution is 0.0750. The highest BCUT2D eigenvalue weighted by molar-refractivity contribution is 7.16. The van der Waals surface area contributed by atoms with E-state index in [0.29, 0.717) is 28.1 Å². The summed E-state index contributed by atoms with van der Waals surface area (Å²) < 4.78 is 3.38. The maximum atomic E-state index is 13.3. The Morgan fingerprint density at radius 2 is 1.92 bits per heavy atom. The second-order valence-electron chi connectivity index (χ2n) is 9.27. The number of rotatable bonds is 7. The molecule has 4 rings (SSSR count). The van der Waals surface area contributed by atoms with E-state index in [1.165, 1.54) is 45.2 Å². The van der Waals surface area contributed by atoms with Gasteiger partial charge in [-0.15, -0.1) is 11.3 Å². The van der Waals surface area contributed by atoms with Crippen LogP contribution in [0.3, 0.4) is 0 Å². The molecule has 0 unspecified atom stereocenters. The summed E-state index contributed by atoms with van der Waals surface area (Å²) in [5.74, 6) is 0.00481. The fraction of sp³-hybridized carbons (Fsp3) is 0.280. The number of hydrogen-bond acceptors (Lipinski definition) is 8. The number of hydrogen-bond donors (Lipinski definition) is 0. The lowest BCUT2D eigenvalue weighted by Crippen LogP contribution is -2.31. The summed E-state index contributed by atoms with van der Waals surface area (Å²) in [5.41, 5.74) is -0.0549. The SMILES string of the molecule is CN(Cc1ccc(Cl)s1)c1cc(-c2cccc(=O)n2CC(=O)c2ccncn2)nn1C(=O)C(C)(C)C. The monoisotopic (exact) mass is 524 g/mol. The zero-order chi connectivity index (χ0) is 26.0. The number of nitrogens with zero attached hydrogens (tertiary/aromatic N) is 6. The van der Waals surface area contributed by atoms with Gasteiger partial charge in [0.05, 0.1) is 23.1 Å². The van der Waals surface area contributed by atoms with Crippen LogP contribution in [0.2, 0.25) is 4.34 Å². The summed E-state index contributed by atoms with van der Waals surface area (Å²) in [6, 6.07) is 11.7. The molecule has 0 radical (unpaired) electrons. The molecule has 0 saturated carbocycles. The van der Waals surface area contributed by atoms with Crippen LogP contribution in [0.15, 0.2) is 59.8 Å². The predicted octanol–water partition coefficient (Wildman–Crippen LogP) is 4.42. The van der Waals surface area contributed by atoms with Crippen LogP contribution in [-0.2, 0) is 13.1 Å². The zero-order valence-electron chi connectivity index (χ0n) is 20.3. The smallest absolute Gasteiger partial charge is 0.254 e. The van der Waals surface area contributed by atoms with Crippen molar-refractivity contribution in [1.29, 1.82) is 0 Å². The first kappa shape index (κ1) is 25.5. The van der Waals surface area contributed by atoms with Gasteiger partial charge in [-0.05, 0) is 24.3 Å². The van der Waals surface area contributed by atoms with Gasteiger partial charge in [0.2, 0.25) is 5.78 Å². The number of thiophene rings is 1. The highest BCUT2D eigenvalue weighted by Crippen LogP contribution is 2.29. The number of pyridine rings is 1. The summed E-state index contributed by atoms with van der Waals surface area (Å²) in [5, 5.41) is 4.60. The molecule has 4 aromatic heterocycles. The van der Waals surface area contributed by atoms with E-state index in [-0.39, 0.29) is 29.5 Å². The summed E-state index contributed by atoms with van der Waals surface area (Å²) >= 11 is 7.55. The number of carbonyl (C=O) groups is 2. The van der Waals surface area contributed by atoms with Gasteiger partial charge >= 0.3 is 0 Å². The Bertz CT molecular complexity index is 1470. The van der Waals surface area contributed by atoms with Crippen LogP contribution in [0.5, 0.6) is 0 Å². The minimum atomic E-state index is -0.704. The Balaban J connectivity index is 1.77. The van der Waals surface area contributed by atoms with E-state index in [9.17, 15) is 14.4 Å². The van der Waals surface area contributed by atoms with Crippen molar-refractivity contribution in [2.75, 3.05) is 11.9 Å². The van der Waals surface area contributed by atoms with Crippen LogP contribution in [-0.4, -0.2) is 43.1 Å². The molecule has 0 saturated heterocycles. The molecule has 0 aliphatic heterocycles. The average Bonchev–Trinajstić information content (AvgIpc) is 3.46. The van der Waals surface area contributed by atoms with E-state index in [2.05, 4.69) is 15.1 Å². The Morgan fingerprint density at radius 3 is 2.56 bits per heavy atom. The van der Waals surface area contributed by atoms with Crippen molar-refractivity contribution < 1.29 is 9.59 Å². The number of Topliss-reactive ketones (excluding diaryl/α,β-unsaturated/α-hetero) is 1. The molecule has 0 aromatic carbocycles. The van der Waals surface area contributed by atoms with Gasteiger partial charge in [-0.2, -0.15) is 9.78 Å². The summed E-state index contributed by atoms with van der Waals surface area (Å²) in [6.45, 7) is 5.73. The zero-order valence-corrected chi connectivity index (χ0v) is 21.9. The van der Waals surface area contributed by atoms with Gasteiger partial charge < -0.3 is 4.90 Å². The lowest BCUT2D eigenvalue weighted by Gasteiger charge is -2.22. The number of aromatic nitrogens is 5. The molecule has 0 aliphatic carbocycles. The van der Waals surface area contributed by atoms with E-state index in [4.69, 9.17) is 11.6 Å². The molecule has 0 spiro atoms. The van der Waals surface area contributed by atoms with Crippen molar-refractivity contribution in [3.8, 4) is 11.4 Å². The average molecular weight is 525 g/mol. The normalized spacial score (nSPS) is 11.5. The number of ketones is 1. The Labute approximate surface area is 217 Å². The van der Waals surface area contributed by atoms with Gasteiger partial charge in [-0.25, -0.2) is 9.97 Å². The fourth-order valence-electron chi connectivity index (χ4n) is 3.57. The molecule has 186 valence electrons. The highest BCUT2D eigenvalue weighted by Gasteiger charge is 2.29. The van der Waals surface area contributed by atoms with Gasteiger partial charge in [0.25, 0.3) is 11.5 Å². The molecular formula is C25H25ClN6O3S. The summed E-state index contributed by atoms with van der Waals surface area (Å²) in [7, 11) is 1.86. The van der Waals surface area contributed by atoms with Gasteiger partial charge in [-0.3, -0.25) is 19.0 Å². The van der Waals surface area contributed by atoms with E-state index in [1.807, 2.05) is 44.9 Å². The lowest BCUT2D eigenvalue weighted by atomic mass is 9.96. The maximum absolute atomic E-state index is 13.3. The Hall–Kier alpha value is -3.63. The molecule has 11 heteroatoms. The van der Waals surface area contributed by atoms with E-state index in [0.717, 1.165) is 4.88 Å². The molecule has 0 N–H and O–H groups in total. The standard InChI is InChI=1S/C25H25ClN6O3S/c1-25(2,3)24(35)32-22(30(4)13-16-8-9-21(26)36-16)12-18(29-32)19-6-5-7-23(34)31(19)14-20(33)17-10-11-27-15-28-17/h5-12,15H,13-14H2,1-4H3. The molecule has 0 bridgehead atoms. The van der Waals surface area contributed by atoms with E-state index < -0.39 is 5.41 Å². The van der Waals surface area contributed by atoms with Crippen LogP contribution >= 0.6 is 22.9 Å². The number of anilines is 1. The predicted molar refractivity (Wildman–Crippen MR) is 140 cm³/mol. The first-order chi connectivity index (χ1) is 17.0. The maximum Gasteiger partial charge on any atom is 0.254 e. The second kappa shape index (κ2) is 10.2. The fourth-order valence-corrected chi connectivity index (χ4v) is 4.72. The third-order valence-electron chi connectivity index (χ3n) is 5.42. The van der Waals surface area contributed by atoms with Crippen molar-refractivity contribution in [1.82, 2.24) is 24.3 Å². The molecule has 4 heterocycles. The van der Waals surface area contributed by atoms with Crippen LogP contribution in [0.4, 0.5) is 5.82 Å². The topological polar surface area (TPSA) is 103 Å². The number of carbonyl (C=O) groups excluding carboxylic acids is 2. The van der Waals surface area contributed by atoms with Gasteiger partial charge in [0, 0.05) is 35.7 Å². The van der Waals surface area contributed by atoms with Crippen LogP contribution < -0.4 is 10.5 Å². The molecule has 4 aromatic rings.